The molecule has 2 heterocycles. The molecule has 0 saturated carbocycles. The van der Waals surface area contributed by atoms with Crippen LogP contribution in [-0.4, -0.2) is 40.4 Å². The van der Waals surface area contributed by atoms with Crippen molar-refractivity contribution in [2.45, 2.75) is 32.5 Å². The topological polar surface area (TPSA) is 51.4 Å². The summed E-state index contributed by atoms with van der Waals surface area (Å²) in [6.45, 7) is 6.56. The average molecular weight is 273 g/mol. The number of benzene rings is 1. The molecule has 0 spiro atoms. The van der Waals surface area contributed by atoms with E-state index in [2.05, 4.69) is 28.9 Å². The summed E-state index contributed by atoms with van der Waals surface area (Å²) in [5, 5.41) is 8.27. The highest BCUT2D eigenvalue weighted by molar-refractivity contribution is 5.51. The van der Waals surface area contributed by atoms with Crippen LogP contribution >= 0.6 is 0 Å². The van der Waals surface area contributed by atoms with Crippen molar-refractivity contribution in [3.63, 3.8) is 0 Å². The van der Waals surface area contributed by atoms with Crippen LogP contribution in [0.25, 0.3) is 11.5 Å². The van der Waals surface area contributed by atoms with Crippen LogP contribution in [0, 0.1) is 0 Å². The molecular weight excluding hydrogens is 254 g/mol. The summed E-state index contributed by atoms with van der Waals surface area (Å²) in [6.07, 6.45) is 0.253. The maximum atomic E-state index is 5.75. The minimum Gasteiger partial charge on any atom is -0.419 e. The fourth-order valence-electron chi connectivity index (χ4n) is 2.38. The SMILES string of the molecule is CC1CN(Cc2nnc(-c3ccccc3)o2)C(C)CO1. The van der Waals surface area contributed by atoms with Crippen molar-refractivity contribution in [1.82, 2.24) is 15.1 Å². The smallest absolute Gasteiger partial charge is 0.247 e. The molecule has 1 aliphatic heterocycles. The van der Waals surface area contributed by atoms with Crippen molar-refractivity contribution in [2.75, 3.05) is 13.2 Å². The van der Waals surface area contributed by atoms with Gasteiger partial charge in [-0.2, -0.15) is 0 Å². The van der Waals surface area contributed by atoms with Gasteiger partial charge in [0, 0.05) is 18.2 Å². The van der Waals surface area contributed by atoms with Crippen molar-refractivity contribution in [2.24, 2.45) is 0 Å². The molecule has 2 aromatic rings. The molecule has 2 atom stereocenters. The van der Waals surface area contributed by atoms with Gasteiger partial charge in [-0.05, 0) is 26.0 Å². The molecule has 5 heteroatoms. The Balaban J connectivity index is 1.71. The molecule has 3 rings (SSSR count). The molecule has 0 bridgehead atoms. The molecule has 0 N–H and O–H groups in total. The van der Waals surface area contributed by atoms with E-state index in [9.17, 15) is 0 Å². The van der Waals surface area contributed by atoms with Crippen molar-refractivity contribution in [1.29, 1.82) is 0 Å². The standard InChI is InChI=1S/C15H19N3O2/c1-11-10-19-12(2)8-18(11)9-14-16-17-15(20-14)13-6-4-3-5-7-13/h3-7,11-12H,8-10H2,1-2H3. The fourth-order valence-corrected chi connectivity index (χ4v) is 2.38. The number of hydrogen-bond acceptors (Lipinski definition) is 5. The second-order valence-electron chi connectivity index (χ2n) is 5.29. The van der Waals surface area contributed by atoms with Crippen LogP contribution in [0.2, 0.25) is 0 Å². The van der Waals surface area contributed by atoms with Crippen LogP contribution in [0.5, 0.6) is 0 Å². The molecule has 106 valence electrons. The summed E-state index contributed by atoms with van der Waals surface area (Å²) in [6, 6.07) is 10.2. The van der Waals surface area contributed by atoms with Gasteiger partial charge in [0.15, 0.2) is 0 Å². The predicted molar refractivity (Wildman–Crippen MR) is 75.0 cm³/mol. The Bertz CT molecular complexity index is 555. The molecule has 5 nitrogen and oxygen atoms in total. The lowest BCUT2D eigenvalue weighted by atomic mass is 10.2. The summed E-state index contributed by atoms with van der Waals surface area (Å²) < 4.78 is 11.4. The average Bonchev–Trinajstić information content (AvgIpc) is 2.92. The molecule has 20 heavy (non-hydrogen) atoms. The number of rotatable bonds is 3. The van der Waals surface area contributed by atoms with Crippen LogP contribution in [0.4, 0.5) is 0 Å². The normalized spacial score (nSPS) is 23.9. The van der Waals surface area contributed by atoms with E-state index >= 15 is 0 Å². The molecule has 0 aliphatic carbocycles. The minimum atomic E-state index is 0.253. The molecule has 1 saturated heterocycles. The van der Waals surface area contributed by atoms with E-state index in [-0.39, 0.29) is 6.10 Å². The Morgan fingerprint density at radius 2 is 2.00 bits per heavy atom. The number of morpholine rings is 1. The summed E-state index contributed by atoms with van der Waals surface area (Å²) in [7, 11) is 0. The van der Waals surface area contributed by atoms with Gasteiger partial charge in [0.1, 0.15) is 0 Å². The molecule has 1 aliphatic rings. The van der Waals surface area contributed by atoms with Gasteiger partial charge in [0.2, 0.25) is 11.8 Å². The first-order valence-corrected chi connectivity index (χ1v) is 6.96. The second kappa shape index (κ2) is 5.73. The van der Waals surface area contributed by atoms with E-state index < -0.39 is 0 Å². The van der Waals surface area contributed by atoms with Gasteiger partial charge in [-0.3, -0.25) is 4.90 Å². The Kier molecular flexibility index (Phi) is 3.80. The van der Waals surface area contributed by atoms with Gasteiger partial charge in [0.25, 0.3) is 0 Å². The van der Waals surface area contributed by atoms with E-state index in [0.29, 0.717) is 24.4 Å². The lowest BCUT2D eigenvalue weighted by Gasteiger charge is -2.35. The highest BCUT2D eigenvalue weighted by Crippen LogP contribution is 2.19. The number of nitrogens with zero attached hydrogens (tertiary/aromatic N) is 3. The number of hydrogen-bond donors (Lipinski definition) is 0. The van der Waals surface area contributed by atoms with Gasteiger partial charge in [-0.1, -0.05) is 18.2 Å². The van der Waals surface area contributed by atoms with E-state index in [1.165, 1.54) is 0 Å². The monoisotopic (exact) mass is 273 g/mol. The van der Waals surface area contributed by atoms with Gasteiger partial charge in [-0.15, -0.1) is 10.2 Å². The minimum absolute atomic E-state index is 0.253. The third-order valence-corrected chi connectivity index (χ3v) is 3.56. The molecule has 1 aromatic heterocycles. The predicted octanol–water partition coefficient (Wildman–Crippen LogP) is 2.35. The third-order valence-electron chi connectivity index (χ3n) is 3.56. The lowest BCUT2D eigenvalue weighted by Crippen LogP contribution is -2.46. The van der Waals surface area contributed by atoms with Gasteiger partial charge < -0.3 is 9.15 Å². The van der Waals surface area contributed by atoms with Crippen molar-refractivity contribution in [3.8, 4) is 11.5 Å². The van der Waals surface area contributed by atoms with Crippen LogP contribution in [0.3, 0.4) is 0 Å². The highest BCUT2D eigenvalue weighted by atomic mass is 16.5. The summed E-state index contributed by atoms with van der Waals surface area (Å²) in [5.41, 5.74) is 0.953. The van der Waals surface area contributed by atoms with Gasteiger partial charge >= 0.3 is 0 Å². The van der Waals surface area contributed by atoms with Crippen molar-refractivity contribution in [3.05, 3.63) is 36.2 Å². The first kappa shape index (κ1) is 13.3. The van der Waals surface area contributed by atoms with Crippen LogP contribution in [-0.2, 0) is 11.3 Å². The van der Waals surface area contributed by atoms with Crippen molar-refractivity contribution >= 4 is 0 Å². The fraction of sp³-hybridized carbons (Fsp3) is 0.467. The summed E-state index contributed by atoms with van der Waals surface area (Å²) in [5.74, 6) is 1.24. The van der Waals surface area contributed by atoms with Gasteiger partial charge in [0.05, 0.1) is 19.3 Å². The molecule has 0 amide bonds. The third kappa shape index (κ3) is 2.89. The van der Waals surface area contributed by atoms with E-state index in [1.54, 1.807) is 0 Å². The molecular formula is C15H19N3O2. The Labute approximate surface area is 118 Å². The van der Waals surface area contributed by atoms with E-state index in [4.69, 9.17) is 9.15 Å². The summed E-state index contributed by atoms with van der Waals surface area (Å²) >= 11 is 0. The first-order valence-electron chi connectivity index (χ1n) is 6.96. The van der Waals surface area contributed by atoms with E-state index in [1.807, 2.05) is 30.3 Å². The highest BCUT2D eigenvalue weighted by Gasteiger charge is 2.25. The molecule has 1 fully saturated rings. The van der Waals surface area contributed by atoms with Crippen LogP contribution in [0.1, 0.15) is 19.7 Å². The zero-order chi connectivity index (χ0) is 13.9. The summed E-state index contributed by atoms with van der Waals surface area (Å²) in [4.78, 5) is 2.32. The zero-order valence-corrected chi connectivity index (χ0v) is 11.8. The first-order chi connectivity index (χ1) is 9.72. The zero-order valence-electron chi connectivity index (χ0n) is 11.8. The maximum Gasteiger partial charge on any atom is 0.247 e. The van der Waals surface area contributed by atoms with Crippen molar-refractivity contribution < 1.29 is 9.15 Å². The Morgan fingerprint density at radius 1 is 1.20 bits per heavy atom. The van der Waals surface area contributed by atoms with Gasteiger partial charge in [-0.25, -0.2) is 0 Å². The number of aromatic nitrogens is 2. The Morgan fingerprint density at radius 3 is 2.80 bits per heavy atom. The van der Waals surface area contributed by atoms with Crippen LogP contribution < -0.4 is 0 Å². The van der Waals surface area contributed by atoms with E-state index in [0.717, 1.165) is 18.7 Å². The maximum absolute atomic E-state index is 5.75. The second-order valence-corrected chi connectivity index (χ2v) is 5.29. The molecule has 1 aromatic carbocycles. The molecule has 0 radical (unpaired) electrons. The molecule has 2 unspecified atom stereocenters. The quantitative estimate of drug-likeness (QED) is 0.859. The van der Waals surface area contributed by atoms with Crippen LogP contribution in [0.15, 0.2) is 34.7 Å². The lowest BCUT2D eigenvalue weighted by molar-refractivity contribution is -0.0550. The number of ether oxygens (including phenoxy) is 1. The largest absolute Gasteiger partial charge is 0.419 e. The Hall–Kier alpha value is -1.72.